The average molecular weight is 590 g/mol. The molecule has 0 fully saturated rings. The van der Waals surface area contributed by atoms with E-state index in [2.05, 4.69) is 13.9 Å². The summed E-state index contributed by atoms with van der Waals surface area (Å²) in [6.07, 6.45) is 2.38. The summed E-state index contributed by atoms with van der Waals surface area (Å²) >= 11 is 0. The fraction of sp³-hybridized carbons (Fsp3) is 0.231. The molecule has 212 valence electrons. The van der Waals surface area contributed by atoms with Crippen molar-refractivity contribution in [3.8, 4) is 22.6 Å². The number of hydrogen-bond donors (Lipinski definition) is 3. The number of aromatic amines is 1. The summed E-state index contributed by atoms with van der Waals surface area (Å²) in [6.45, 7) is 2.91. The van der Waals surface area contributed by atoms with Gasteiger partial charge in [0, 0.05) is 34.5 Å². The largest absolute Gasteiger partial charge is 0.496 e. The molecular weight excluding hydrogens is 562 g/mol. The molecule has 0 aliphatic carbocycles. The van der Waals surface area contributed by atoms with Gasteiger partial charge < -0.3 is 4.74 Å². The Bertz CT molecular complexity index is 1940. The fourth-order valence-electron chi connectivity index (χ4n) is 4.30. The molecule has 4 aromatic rings. The summed E-state index contributed by atoms with van der Waals surface area (Å²) in [5.41, 5.74) is 0.0936. The molecule has 0 bridgehead atoms. The Balaban J connectivity index is 1.95. The van der Waals surface area contributed by atoms with Crippen molar-refractivity contribution in [1.82, 2.24) is 9.55 Å². The van der Waals surface area contributed by atoms with Crippen LogP contribution < -0.4 is 20.7 Å². The lowest BCUT2D eigenvalue weighted by Crippen LogP contribution is -2.29. The van der Waals surface area contributed by atoms with Crippen molar-refractivity contribution in [2.24, 2.45) is 0 Å². The van der Waals surface area contributed by atoms with E-state index in [0.29, 0.717) is 33.8 Å². The van der Waals surface area contributed by atoms with Gasteiger partial charge >= 0.3 is 16.1 Å². The summed E-state index contributed by atoms with van der Waals surface area (Å²) in [7, 11) is -6.75. The van der Waals surface area contributed by atoms with Crippen LogP contribution in [-0.2, 0) is 30.0 Å². The van der Waals surface area contributed by atoms with Crippen molar-refractivity contribution in [2.45, 2.75) is 19.3 Å². The molecule has 0 aliphatic rings. The molecule has 0 aliphatic heterocycles. The van der Waals surface area contributed by atoms with Gasteiger partial charge in [-0.25, -0.2) is 17.4 Å². The molecule has 0 amide bonds. The van der Waals surface area contributed by atoms with E-state index < -0.39 is 43.7 Å². The van der Waals surface area contributed by atoms with Gasteiger partial charge in [-0.3, -0.25) is 23.6 Å². The third kappa shape index (κ3) is 6.59. The van der Waals surface area contributed by atoms with Gasteiger partial charge in [0.05, 0.1) is 25.7 Å². The van der Waals surface area contributed by atoms with E-state index in [-0.39, 0.29) is 0 Å². The van der Waals surface area contributed by atoms with Crippen molar-refractivity contribution in [3.63, 3.8) is 0 Å². The van der Waals surface area contributed by atoms with Crippen LogP contribution in [0.25, 0.3) is 27.6 Å². The maximum Gasteiger partial charge on any atom is 0.397 e. The summed E-state index contributed by atoms with van der Waals surface area (Å²) in [4.78, 5) is 26.5. The number of hydrogen-bond acceptors (Lipinski definition) is 8. The lowest BCUT2D eigenvalue weighted by molar-refractivity contribution is 0.213. The second-order valence-electron chi connectivity index (χ2n) is 9.78. The maximum atomic E-state index is 12.7. The second kappa shape index (κ2) is 10.5. The number of nitrogens with zero attached hydrogens (tertiary/aromatic N) is 1. The highest BCUT2D eigenvalue weighted by Gasteiger charge is 2.30. The molecule has 12 nitrogen and oxygen atoms in total. The predicted molar refractivity (Wildman–Crippen MR) is 151 cm³/mol. The van der Waals surface area contributed by atoms with Crippen molar-refractivity contribution < 1.29 is 30.3 Å². The quantitative estimate of drug-likeness (QED) is 0.248. The number of benzene rings is 3. The van der Waals surface area contributed by atoms with E-state index in [4.69, 9.17) is 9.29 Å². The number of aromatic nitrogens is 2. The van der Waals surface area contributed by atoms with Gasteiger partial charge in [0.15, 0.2) is 0 Å². The monoisotopic (exact) mass is 589 g/mol. The summed E-state index contributed by atoms with van der Waals surface area (Å²) in [6, 6.07) is 15.0. The normalized spacial score (nSPS) is 12.4. The zero-order chi connectivity index (χ0) is 29.5. The first-order chi connectivity index (χ1) is 18.6. The molecule has 40 heavy (non-hydrogen) atoms. The van der Waals surface area contributed by atoms with Gasteiger partial charge in [0.25, 0.3) is 5.56 Å². The number of sulfonamides is 1. The molecule has 4 rings (SSSR count). The average Bonchev–Trinajstić information content (AvgIpc) is 2.85. The number of ether oxygens (including phenoxy) is 1. The van der Waals surface area contributed by atoms with Crippen LogP contribution in [0.15, 0.2) is 70.4 Å². The van der Waals surface area contributed by atoms with Crippen LogP contribution in [0, 0.1) is 0 Å². The van der Waals surface area contributed by atoms with Crippen molar-refractivity contribution >= 4 is 36.9 Å². The molecule has 0 saturated heterocycles. The summed E-state index contributed by atoms with van der Waals surface area (Å²) < 4.78 is 69.2. The Morgan fingerprint density at radius 3 is 2.27 bits per heavy atom. The van der Waals surface area contributed by atoms with Crippen LogP contribution >= 0.6 is 0 Å². The first-order valence-corrected chi connectivity index (χ1v) is 15.0. The topological polar surface area (TPSA) is 174 Å². The Hall–Kier alpha value is -3.98. The molecular formula is C26H27N3O9S2. The highest BCUT2D eigenvalue weighted by molar-refractivity contribution is 7.92. The van der Waals surface area contributed by atoms with Crippen LogP contribution in [0.5, 0.6) is 5.75 Å². The highest BCUT2D eigenvalue weighted by Crippen LogP contribution is 2.42. The Labute approximate surface area is 230 Å². The fourth-order valence-corrected chi connectivity index (χ4v) is 5.30. The second-order valence-corrected chi connectivity index (χ2v) is 12.6. The molecule has 0 saturated carbocycles. The first-order valence-electron chi connectivity index (χ1n) is 11.7. The van der Waals surface area contributed by atoms with E-state index in [1.807, 2.05) is 6.07 Å². The Morgan fingerprint density at radius 1 is 0.975 bits per heavy atom. The smallest absolute Gasteiger partial charge is 0.397 e. The van der Waals surface area contributed by atoms with Crippen molar-refractivity contribution in [2.75, 3.05) is 24.7 Å². The number of H-pyrrole nitrogens is 1. The third-order valence-electron chi connectivity index (χ3n) is 6.13. The number of nitrogens with one attached hydrogen (secondary N) is 2. The Morgan fingerprint density at radius 2 is 1.65 bits per heavy atom. The van der Waals surface area contributed by atoms with Gasteiger partial charge in [-0.15, -0.1) is 0 Å². The zero-order valence-corrected chi connectivity index (χ0v) is 23.6. The van der Waals surface area contributed by atoms with Crippen LogP contribution in [0.1, 0.15) is 19.4 Å². The molecule has 14 heteroatoms. The van der Waals surface area contributed by atoms with Crippen molar-refractivity contribution in [1.29, 1.82) is 0 Å². The minimum absolute atomic E-state index is 0.347. The van der Waals surface area contributed by atoms with Gasteiger partial charge in [-0.05, 0) is 46.7 Å². The summed E-state index contributed by atoms with van der Waals surface area (Å²) in [5, 5.41) is 1.53. The minimum Gasteiger partial charge on any atom is -0.496 e. The van der Waals surface area contributed by atoms with E-state index in [1.54, 1.807) is 56.3 Å². The third-order valence-corrected chi connectivity index (χ3v) is 7.15. The molecule has 1 aromatic heterocycles. The van der Waals surface area contributed by atoms with Crippen LogP contribution in [0.2, 0.25) is 0 Å². The van der Waals surface area contributed by atoms with E-state index in [0.717, 1.165) is 17.0 Å². The molecule has 0 unspecified atom stereocenters. The molecule has 0 atom stereocenters. The SMILES string of the molecule is COc1c(-c2ccc3cc(NS(C)(=O)=O)ccc3c2)cc(-n2ccc(=O)[nH]c2=O)cc1C(C)(C)COS(=O)(=O)O. The Kier molecular flexibility index (Phi) is 7.64. The van der Waals surface area contributed by atoms with Crippen LogP contribution in [0.3, 0.4) is 0 Å². The number of anilines is 1. The van der Waals surface area contributed by atoms with Gasteiger partial charge in [-0.2, -0.15) is 8.42 Å². The number of fused-ring (bicyclic) bond motifs is 1. The zero-order valence-electron chi connectivity index (χ0n) is 22.0. The standard InChI is InChI=1S/C26H27N3O9S2/c1-26(2,15-38-40(34,35)36)22-14-20(29-10-9-23(30)27-25(29)31)13-21(24(22)37-3)18-6-5-17-12-19(28-39(4,32)33)8-7-16(17)11-18/h5-14,28H,15H2,1-4H3,(H,27,30,31)(H,34,35,36). The molecule has 3 aromatic carbocycles. The first kappa shape index (κ1) is 29.0. The lowest BCUT2D eigenvalue weighted by Gasteiger charge is -2.28. The molecule has 0 spiro atoms. The van der Waals surface area contributed by atoms with Crippen LogP contribution in [-0.4, -0.2) is 50.9 Å². The molecule has 3 N–H and O–H groups in total. The number of methoxy groups -OCH3 is 1. The van der Waals surface area contributed by atoms with E-state index in [1.165, 1.54) is 23.9 Å². The maximum absolute atomic E-state index is 12.7. The van der Waals surface area contributed by atoms with E-state index >= 15 is 0 Å². The predicted octanol–water partition coefficient (Wildman–Crippen LogP) is 2.82. The number of rotatable bonds is 9. The van der Waals surface area contributed by atoms with Crippen molar-refractivity contribution in [3.05, 3.63) is 87.2 Å². The van der Waals surface area contributed by atoms with E-state index in [9.17, 15) is 26.4 Å². The summed E-state index contributed by atoms with van der Waals surface area (Å²) in [5.74, 6) is 0.361. The van der Waals surface area contributed by atoms with Crippen LogP contribution in [0.4, 0.5) is 5.69 Å². The van der Waals surface area contributed by atoms with Gasteiger partial charge in [-0.1, -0.05) is 32.0 Å². The highest BCUT2D eigenvalue weighted by atomic mass is 32.3. The van der Waals surface area contributed by atoms with Gasteiger partial charge in [0.1, 0.15) is 5.75 Å². The molecule has 1 heterocycles. The lowest BCUT2D eigenvalue weighted by atomic mass is 9.82. The molecule has 0 radical (unpaired) electrons. The van der Waals surface area contributed by atoms with Gasteiger partial charge in [0.2, 0.25) is 10.0 Å². The minimum atomic E-state index is -4.74.